The van der Waals surface area contributed by atoms with E-state index in [9.17, 15) is 26.0 Å². The predicted molar refractivity (Wildman–Crippen MR) is 85.1 cm³/mol. The molecule has 2 aromatic carbocycles. The maximum Gasteiger partial charge on any atom is 0.501 e. The molecule has 0 atom stereocenters. The fraction of sp³-hybridized carbons (Fsp3) is 0.0667. The van der Waals surface area contributed by atoms with Gasteiger partial charge in [-0.05, 0) is 42.1 Å². The summed E-state index contributed by atoms with van der Waals surface area (Å²) < 4.78 is 76.6. The second kappa shape index (κ2) is 6.72. The number of para-hydroxylation sites is 1. The third-order valence-corrected chi connectivity index (χ3v) is 5.79. The average Bonchev–Trinajstić information content (AvgIpc) is 3.05. The van der Waals surface area contributed by atoms with Gasteiger partial charge in [-0.25, -0.2) is 22.5 Å². The van der Waals surface area contributed by atoms with Gasteiger partial charge in [0.05, 0.1) is 10.6 Å². The first-order chi connectivity index (χ1) is 12.2. The van der Waals surface area contributed by atoms with Gasteiger partial charge in [-0.1, -0.05) is 18.2 Å². The molecule has 26 heavy (non-hydrogen) atoms. The standard InChI is InChI=1S/C15H9F4N3O2S2/c16-10-6-7-12(13(8-10)26(23,24)15(17,18)19)25-14-20-9-22(21-14)11-4-2-1-3-5-11/h1-9H. The molecule has 1 heterocycles. The van der Waals surface area contributed by atoms with Crippen LogP contribution in [0.1, 0.15) is 0 Å². The van der Waals surface area contributed by atoms with Crippen LogP contribution in [0.15, 0.2) is 69.8 Å². The van der Waals surface area contributed by atoms with Crippen LogP contribution in [0.25, 0.3) is 5.69 Å². The molecule has 0 N–H and O–H groups in total. The van der Waals surface area contributed by atoms with Crippen LogP contribution < -0.4 is 0 Å². The Hall–Kier alpha value is -2.40. The van der Waals surface area contributed by atoms with Gasteiger partial charge >= 0.3 is 5.51 Å². The minimum atomic E-state index is -5.72. The minimum absolute atomic E-state index is 0.0130. The van der Waals surface area contributed by atoms with E-state index < -0.39 is 26.1 Å². The minimum Gasteiger partial charge on any atom is -0.220 e. The van der Waals surface area contributed by atoms with Gasteiger partial charge in [-0.2, -0.15) is 13.2 Å². The molecule has 0 saturated carbocycles. The molecule has 11 heteroatoms. The highest BCUT2D eigenvalue weighted by molar-refractivity contribution is 8.00. The van der Waals surface area contributed by atoms with Crippen molar-refractivity contribution in [2.45, 2.75) is 20.5 Å². The summed E-state index contributed by atoms with van der Waals surface area (Å²) in [7, 11) is -5.72. The van der Waals surface area contributed by atoms with E-state index >= 15 is 0 Å². The topological polar surface area (TPSA) is 64.8 Å². The van der Waals surface area contributed by atoms with E-state index in [0.717, 1.165) is 12.1 Å². The molecule has 136 valence electrons. The molecular weight excluding hydrogens is 394 g/mol. The van der Waals surface area contributed by atoms with E-state index in [1.54, 1.807) is 30.3 Å². The van der Waals surface area contributed by atoms with E-state index in [2.05, 4.69) is 10.1 Å². The Bertz CT molecular complexity index is 1030. The van der Waals surface area contributed by atoms with Gasteiger partial charge in [-0.15, -0.1) is 5.10 Å². The second-order valence-corrected chi connectivity index (χ2v) is 7.87. The van der Waals surface area contributed by atoms with E-state index in [4.69, 9.17) is 0 Å². The van der Waals surface area contributed by atoms with Crippen molar-refractivity contribution in [3.8, 4) is 5.69 Å². The van der Waals surface area contributed by atoms with Gasteiger partial charge in [-0.3, -0.25) is 0 Å². The molecule has 0 bridgehead atoms. The molecule has 0 aliphatic carbocycles. The molecule has 5 nitrogen and oxygen atoms in total. The summed E-state index contributed by atoms with van der Waals surface area (Å²) in [5, 5.41) is 4.10. The molecule has 0 amide bonds. The molecule has 0 fully saturated rings. The largest absolute Gasteiger partial charge is 0.501 e. The number of halogens is 4. The Kier molecular flexibility index (Phi) is 4.76. The number of aromatic nitrogens is 3. The molecule has 1 aromatic heterocycles. The van der Waals surface area contributed by atoms with Crippen molar-refractivity contribution in [3.05, 3.63) is 60.7 Å². The number of hydrogen-bond acceptors (Lipinski definition) is 5. The lowest BCUT2D eigenvalue weighted by Gasteiger charge is -2.11. The van der Waals surface area contributed by atoms with Crippen molar-refractivity contribution in [2.24, 2.45) is 0 Å². The van der Waals surface area contributed by atoms with Crippen molar-refractivity contribution in [1.29, 1.82) is 0 Å². The Morgan fingerprint density at radius 3 is 2.38 bits per heavy atom. The van der Waals surface area contributed by atoms with Crippen LogP contribution >= 0.6 is 11.8 Å². The summed E-state index contributed by atoms with van der Waals surface area (Å²) >= 11 is 0.593. The first-order valence-corrected chi connectivity index (χ1v) is 9.24. The number of nitrogens with zero attached hydrogens (tertiary/aromatic N) is 3. The Labute approximate surface area is 149 Å². The number of hydrogen-bond donors (Lipinski definition) is 0. The van der Waals surface area contributed by atoms with Gasteiger partial charge in [0, 0.05) is 4.90 Å². The maximum absolute atomic E-state index is 13.4. The summed E-state index contributed by atoms with van der Waals surface area (Å²) in [6, 6.07) is 10.9. The number of rotatable bonds is 4. The Morgan fingerprint density at radius 2 is 1.73 bits per heavy atom. The van der Waals surface area contributed by atoms with E-state index in [0.29, 0.717) is 23.5 Å². The van der Waals surface area contributed by atoms with Crippen LogP contribution in [-0.4, -0.2) is 28.7 Å². The molecule has 0 radical (unpaired) electrons. The Morgan fingerprint density at radius 1 is 1.04 bits per heavy atom. The van der Waals surface area contributed by atoms with Crippen LogP contribution in [0, 0.1) is 5.82 Å². The summed E-state index contributed by atoms with van der Waals surface area (Å²) in [5.74, 6) is -1.10. The zero-order chi connectivity index (χ0) is 18.9. The van der Waals surface area contributed by atoms with Gasteiger partial charge in [0.1, 0.15) is 12.1 Å². The number of alkyl halides is 3. The highest BCUT2D eigenvalue weighted by Crippen LogP contribution is 2.38. The molecular formula is C15H9F4N3O2S2. The smallest absolute Gasteiger partial charge is 0.220 e. The van der Waals surface area contributed by atoms with Crippen LogP contribution in [0.5, 0.6) is 0 Å². The monoisotopic (exact) mass is 403 g/mol. The van der Waals surface area contributed by atoms with Crippen LogP contribution in [0.3, 0.4) is 0 Å². The van der Waals surface area contributed by atoms with Gasteiger partial charge < -0.3 is 0 Å². The van der Waals surface area contributed by atoms with Crippen molar-refractivity contribution in [1.82, 2.24) is 14.8 Å². The van der Waals surface area contributed by atoms with Crippen LogP contribution in [0.4, 0.5) is 17.6 Å². The normalized spacial score (nSPS) is 12.3. The lowest BCUT2D eigenvalue weighted by Crippen LogP contribution is -2.24. The first kappa shape index (κ1) is 18.4. The zero-order valence-electron chi connectivity index (χ0n) is 12.7. The van der Waals surface area contributed by atoms with Crippen molar-refractivity contribution < 1.29 is 26.0 Å². The van der Waals surface area contributed by atoms with E-state index in [-0.39, 0.29) is 10.1 Å². The molecule has 3 rings (SSSR count). The summed E-state index contributed by atoms with van der Waals surface area (Å²) in [4.78, 5) is 2.44. The number of sulfone groups is 1. The van der Waals surface area contributed by atoms with Crippen molar-refractivity contribution in [3.63, 3.8) is 0 Å². The predicted octanol–water partition coefficient (Wildman–Crippen LogP) is 3.85. The second-order valence-electron chi connectivity index (χ2n) is 4.95. The Balaban J connectivity index is 1.98. The third kappa shape index (κ3) is 3.58. The fourth-order valence-electron chi connectivity index (χ4n) is 2.00. The third-order valence-electron chi connectivity index (χ3n) is 3.19. The van der Waals surface area contributed by atoms with Crippen LogP contribution in [0.2, 0.25) is 0 Å². The molecule has 0 aliphatic rings. The molecule has 3 aromatic rings. The summed E-state index contributed by atoms with van der Waals surface area (Å²) in [5.41, 5.74) is -4.89. The van der Waals surface area contributed by atoms with Gasteiger partial charge in [0.15, 0.2) is 0 Å². The maximum atomic E-state index is 13.4. The lowest BCUT2D eigenvalue weighted by atomic mass is 10.3. The molecule has 0 aliphatic heterocycles. The lowest BCUT2D eigenvalue weighted by molar-refractivity contribution is -0.0437. The molecule has 0 saturated heterocycles. The molecule has 0 unspecified atom stereocenters. The number of benzene rings is 2. The molecule has 0 spiro atoms. The highest BCUT2D eigenvalue weighted by atomic mass is 32.2. The fourth-order valence-corrected chi connectivity index (χ4v) is 4.02. The average molecular weight is 403 g/mol. The van der Waals surface area contributed by atoms with Gasteiger partial charge in [0.25, 0.3) is 9.84 Å². The highest BCUT2D eigenvalue weighted by Gasteiger charge is 2.48. The van der Waals surface area contributed by atoms with Crippen LogP contribution in [-0.2, 0) is 9.84 Å². The van der Waals surface area contributed by atoms with Gasteiger partial charge in [0.2, 0.25) is 5.16 Å². The quantitative estimate of drug-likeness (QED) is 0.619. The first-order valence-electron chi connectivity index (χ1n) is 6.94. The summed E-state index contributed by atoms with van der Waals surface area (Å²) in [6.07, 6.45) is 1.33. The van der Waals surface area contributed by atoms with Crippen molar-refractivity contribution in [2.75, 3.05) is 0 Å². The zero-order valence-corrected chi connectivity index (χ0v) is 14.3. The van der Waals surface area contributed by atoms with E-state index in [1.165, 1.54) is 11.0 Å². The van der Waals surface area contributed by atoms with E-state index in [1.807, 2.05) is 0 Å². The van der Waals surface area contributed by atoms with Crippen molar-refractivity contribution >= 4 is 21.6 Å². The SMILES string of the molecule is O=S(=O)(c1cc(F)ccc1Sc1ncn(-c2ccccc2)n1)C(F)(F)F. The summed E-state index contributed by atoms with van der Waals surface area (Å²) in [6.45, 7) is 0.